The van der Waals surface area contributed by atoms with Crippen molar-refractivity contribution in [1.82, 2.24) is 9.88 Å². The maximum atomic E-state index is 12.2. The summed E-state index contributed by atoms with van der Waals surface area (Å²) in [5.41, 5.74) is 1.85. The van der Waals surface area contributed by atoms with Crippen molar-refractivity contribution < 1.29 is 4.79 Å². The average molecular weight is 425 g/mol. The molecule has 1 aromatic heterocycles. The summed E-state index contributed by atoms with van der Waals surface area (Å²) in [4.78, 5) is 18.6. The molecule has 0 atom stereocenters. The highest BCUT2D eigenvalue weighted by Crippen LogP contribution is 2.32. The lowest BCUT2D eigenvalue weighted by Gasteiger charge is -2.33. The minimum Gasteiger partial charge on any atom is -0.382 e. The lowest BCUT2D eigenvalue weighted by molar-refractivity contribution is -0.132. The molecule has 4 nitrogen and oxygen atoms in total. The van der Waals surface area contributed by atoms with E-state index < -0.39 is 0 Å². The van der Waals surface area contributed by atoms with E-state index in [2.05, 4.69) is 40.1 Å². The monoisotopic (exact) mass is 423 g/mol. The topological polar surface area (TPSA) is 45.2 Å². The van der Waals surface area contributed by atoms with Gasteiger partial charge >= 0.3 is 0 Å². The largest absolute Gasteiger partial charge is 0.382 e. The second kappa shape index (κ2) is 7.92. The number of aromatic nitrogens is 1. The first-order valence-corrected chi connectivity index (χ1v) is 9.89. The van der Waals surface area contributed by atoms with Crippen molar-refractivity contribution >= 4 is 50.0 Å². The molecule has 1 N–H and O–H groups in total. The van der Waals surface area contributed by atoms with Crippen molar-refractivity contribution in [1.29, 1.82) is 0 Å². The molecule has 0 radical (unpaired) electrons. The summed E-state index contributed by atoms with van der Waals surface area (Å²) in [6, 6.07) is 6.24. The van der Waals surface area contributed by atoms with Crippen LogP contribution < -0.4 is 5.32 Å². The Morgan fingerprint density at radius 3 is 2.80 bits per heavy atom. The SMILES string of the molecule is CC(C)CC(=O)N1CCC(Nc2ccnc3c(Cl)cc(Br)cc23)CC1. The van der Waals surface area contributed by atoms with E-state index in [9.17, 15) is 4.79 Å². The number of rotatable bonds is 4. The first-order chi connectivity index (χ1) is 11.9. The standard InChI is InChI=1S/C19H23BrClN3O/c1-12(2)9-18(25)24-7-4-14(5-8-24)23-17-3-6-22-19-15(17)10-13(20)11-16(19)21/h3,6,10-12,14H,4-5,7-9H2,1-2H3,(H,22,23). The molecule has 1 aromatic carbocycles. The van der Waals surface area contributed by atoms with Gasteiger partial charge in [0.15, 0.2) is 0 Å². The Hall–Kier alpha value is -1.33. The second-order valence-electron chi connectivity index (χ2n) is 7.04. The highest BCUT2D eigenvalue weighted by atomic mass is 79.9. The van der Waals surface area contributed by atoms with E-state index in [-0.39, 0.29) is 5.91 Å². The molecule has 1 amide bonds. The van der Waals surface area contributed by atoms with Crippen LogP contribution in [0.2, 0.25) is 5.02 Å². The van der Waals surface area contributed by atoms with Crippen LogP contribution in [0.15, 0.2) is 28.9 Å². The van der Waals surface area contributed by atoms with Crippen LogP contribution in [0.4, 0.5) is 5.69 Å². The normalized spacial score (nSPS) is 15.8. The highest BCUT2D eigenvalue weighted by Gasteiger charge is 2.23. The van der Waals surface area contributed by atoms with Crippen LogP contribution in [0.5, 0.6) is 0 Å². The summed E-state index contributed by atoms with van der Waals surface area (Å²) in [5, 5.41) is 5.28. The third-order valence-electron chi connectivity index (χ3n) is 4.55. The number of fused-ring (bicyclic) bond motifs is 1. The first-order valence-electron chi connectivity index (χ1n) is 8.72. The van der Waals surface area contributed by atoms with Crippen LogP contribution in [-0.4, -0.2) is 34.9 Å². The first kappa shape index (κ1) is 18.5. The van der Waals surface area contributed by atoms with Crippen LogP contribution in [-0.2, 0) is 4.79 Å². The van der Waals surface area contributed by atoms with E-state index in [1.54, 1.807) is 6.20 Å². The summed E-state index contributed by atoms with van der Waals surface area (Å²) in [6.45, 7) is 5.81. The predicted octanol–water partition coefficient (Wildman–Crippen LogP) is 5.10. The molecule has 1 aliphatic rings. The number of likely N-dealkylation sites (tertiary alicyclic amines) is 1. The third kappa shape index (κ3) is 4.45. The fraction of sp³-hybridized carbons (Fsp3) is 0.474. The maximum absolute atomic E-state index is 12.2. The maximum Gasteiger partial charge on any atom is 0.222 e. The molecule has 0 saturated carbocycles. The molecule has 1 aliphatic heterocycles. The number of nitrogens with zero attached hydrogens (tertiary/aromatic N) is 2. The molecule has 6 heteroatoms. The molecule has 2 heterocycles. The van der Waals surface area contributed by atoms with Gasteiger partial charge in [-0.2, -0.15) is 0 Å². The molecule has 2 aromatic rings. The van der Waals surface area contributed by atoms with Gasteiger partial charge in [0.25, 0.3) is 0 Å². The van der Waals surface area contributed by atoms with Crippen molar-refractivity contribution in [3.05, 3.63) is 33.9 Å². The summed E-state index contributed by atoms with van der Waals surface area (Å²) in [5.74, 6) is 0.688. The Morgan fingerprint density at radius 1 is 1.40 bits per heavy atom. The number of hydrogen-bond acceptors (Lipinski definition) is 3. The second-order valence-corrected chi connectivity index (χ2v) is 8.36. The van der Waals surface area contributed by atoms with Gasteiger partial charge in [-0.3, -0.25) is 9.78 Å². The van der Waals surface area contributed by atoms with Crippen molar-refractivity contribution in [2.75, 3.05) is 18.4 Å². The summed E-state index contributed by atoms with van der Waals surface area (Å²) >= 11 is 9.81. The highest BCUT2D eigenvalue weighted by molar-refractivity contribution is 9.10. The smallest absolute Gasteiger partial charge is 0.222 e. The van der Waals surface area contributed by atoms with Crippen LogP contribution >= 0.6 is 27.5 Å². The number of pyridine rings is 1. The molecular weight excluding hydrogens is 402 g/mol. The Balaban J connectivity index is 1.69. The van der Waals surface area contributed by atoms with Gasteiger partial charge in [-0.05, 0) is 37.0 Å². The van der Waals surface area contributed by atoms with Crippen molar-refractivity contribution in [3.63, 3.8) is 0 Å². The van der Waals surface area contributed by atoms with Crippen LogP contribution in [0.3, 0.4) is 0 Å². The minimum atomic E-state index is 0.276. The van der Waals surface area contributed by atoms with Gasteiger partial charge < -0.3 is 10.2 Å². The quantitative estimate of drug-likeness (QED) is 0.742. The Labute approximate surface area is 162 Å². The fourth-order valence-corrected chi connectivity index (χ4v) is 4.13. The Bertz CT molecular complexity index is 773. The number of nitrogens with one attached hydrogen (secondary N) is 1. The molecule has 0 spiro atoms. The van der Waals surface area contributed by atoms with Crippen LogP contribution in [0, 0.1) is 5.92 Å². The van der Waals surface area contributed by atoms with E-state index in [1.807, 2.05) is 23.1 Å². The fourth-order valence-electron chi connectivity index (χ4n) is 3.28. The molecule has 0 unspecified atom stereocenters. The number of halogens is 2. The number of hydrogen-bond donors (Lipinski definition) is 1. The van der Waals surface area contributed by atoms with Crippen molar-refractivity contribution in [2.24, 2.45) is 5.92 Å². The van der Waals surface area contributed by atoms with Crippen molar-refractivity contribution in [2.45, 2.75) is 39.2 Å². The summed E-state index contributed by atoms with van der Waals surface area (Å²) in [6.07, 6.45) is 4.33. The van der Waals surface area contributed by atoms with Gasteiger partial charge in [0.1, 0.15) is 0 Å². The van der Waals surface area contributed by atoms with Gasteiger partial charge in [-0.1, -0.05) is 41.4 Å². The molecule has 0 aliphatic carbocycles. The van der Waals surface area contributed by atoms with Gasteiger partial charge in [0, 0.05) is 47.3 Å². The van der Waals surface area contributed by atoms with Crippen molar-refractivity contribution in [3.8, 4) is 0 Å². The molecule has 25 heavy (non-hydrogen) atoms. The number of anilines is 1. The summed E-state index contributed by atoms with van der Waals surface area (Å²) in [7, 11) is 0. The zero-order chi connectivity index (χ0) is 18.0. The molecule has 1 fully saturated rings. The van der Waals surface area contributed by atoms with Crippen LogP contribution in [0.25, 0.3) is 10.9 Å². The number of piperidine rings is 1. The Morgan fingerprint density at radius 2 is 2.12 bits per heavy atom. The molecule has 134 valence electrons. The Kier molecular flexibility index (Phi) is 5.85. The average Bonchev–Trinajstić information content (AvgIpc) is 2.55. The zero-order valence-corrected chi connectivity index (χ0v) is 16.9. The van der Waals surface area contributed by atoms with E-state index in [1.165, 1.54) is 0 Å². The van der Waals surface area contributed by atoms with Gasteiger partial charge in [-0.25, -0.2) is 0 Å². The number of carbonyl (C=O) groups is 1. The molecule has 3 rings (SSSR count). The number of benzene rings is 1. The minimum absolute atomic E-state index is 0.276. The zero-order valence-electron chi connectivity index (χ0n) is 14.6. The van der Waals surface area contributed by atoms with E-state index in [0.717, 1.165) is 47.0 Å². The van der Waals surface area contributed by atoms with Gasteiger partial charge in [0.05, 0.1) is 10.5 Å². The summed E-state index contributed by atoms with van der Waals surface area (Å²) < 4.78 is 0.940. The third-order valence-corrected chi connectivity index (χ3v) is 5.30. The number of carbonyl (C=O) groups excluding carboxylic acids is 1. The van der Waals surface area contributed by atoms with E-state index in [4.69, 9.17) is 11.6 Å². The molecular formula is C19H23BrClN3O. The number of amides is 1. The van der Waals surface area contributed by atoms with E-state index >= 15 is 0 Å². The molecule has 0 bridgehead atoms. The predicted molar refractivity (Wildman–Crippen MR) is 107 cm³/mol. The van der Waals surface area contributed by atoms with Crippen LogP contribution in [0.1, 0.15) is 33.1 Å². The van der Waals surface area contributed by atoms with Gasteiger partial charge in [0.2, 0.25) is 5.91 Å². The lowest BCUT2D eigenvalue weighted by atomic mass is 10.0. The molecule has 1 saturated heterocycles. The lowest BCUT2D eigenvalue weighted by Crippen LogP contribution is -2.42. The van der Waals surface area contributed by atoms with Gasteiger partial charge in [-0.15, -0.1) is 0 Å². The van der Waals surface area contributed by atoms with E-state index in [0.29, 0.717) is 23.4 Å².